The van der Waals surface area contributed by atoms with E-state index in [9.17, 15) is 4.79 Å². The molecule has 100 valence electrons. The second-order valence-corrected chi connectivity index (χ2v) is 5.76. The maximum absolute atomic E-state index is 12.0. The van der Waals surface area contributed by atoms with Crippen LogP contribution in [-0.4, -0.2) is 10.9 Å². The zero-order valence-corrected chi connectivity index (χ0v) is 13.1. The SMILES string of the molecule is C[C@@H](NC(=O)c1cc(Br)c(Cl)[nH]1)c1ccc(Cl)cc1. The van der Waals surface area contributed by atoms with Gasteiger partial charge in [-0.05, 0) is 46.6 Å². The number of amides is 1. The molecule has 19 heavy (non-hydrogen) atoms. The van der Waals surface area contributed by atoms with Crippen molar-refractivity contribution < 1.29 is 4.79 Å². The number of hydrogen-bond donors (Lipinski definition) is 2. The molecule has 0 spiro atoms. The van der Waals surface area contributed by atoms with Gasteiger partial charge < -0.3 is 10.3 Å². The maximum Gasteiger partial charge on any atom is 0.268 e. The molecule has 2 rings (SSSR count). The van der Waals surface area contributed by atoms with Crippen molar-refractivity contribution in [3.05, 3.63) is 56.2 Å². The third kappa shape index (κ3) is 3.53. The van der Waals surface area contributed by atoms with Crippen LogP contribution >= 0.6 is 39.1 Å². The molecule has 1 aromatic carbocycles. The molecule has 1 amide bonds. The largest absolute Gasteiger partial charge is 0.344 e. The van der Waals surface area contributed by atoms with E-state index in [1.54, 1.807) is 18.2 Å². The number of carbonyl (C=O) groups excluding carboxylic acids is 1. The number of halogens is 3. The lowest BCUT2D eigenvalue weighted by molar-refractivity contribution is 0.0935. The van der Waals surface area contributed by atoms with Crippen LogP contribution in [0.1, 0.15) is 29.0 Å². The molecule has 2 aromatic rings. The van der Waals surface area contributed by atoms with Crippen molar-refractivity contribution in [2.24, 2.45) is 0 Å². The summed E-state index contributed by atoms with van der Waals surface area (Å²) in [7, 11) is 0. The van der Waals surface area contributed by atoms with Gasteiger partial charge in [0, 0.05) is 5.02 Å². The molecule has 0 aliphatic rings. The molecule has 0 bridgehead atoms. The first-order chi connectivity index (χ1) is 8.97. The molecule has 2 N–H and O–H groups in total. The van der Waals surface area contributed by atoms with Crippen LogP contribution in [0, 0.1) is 0 Å². The Bertz CT molecular complexity index is 576. The number of aromatic amines is 1. The van der Waals surface area contributed by atoms with E-state index in [0.29, 0.717) is 20.3 Å². The number of H-pyrrole nitrogens is 1. The summed E-state index contributed by atoms with van der Waals surface area (Å²) >= 11 is 14.9. The molecule has 1 atom stereocenters. The van der Waals surface area contributed by atoms with Crippen LogP contribution in [-0.2, 0) is 0 Å². The molecule has 1 heterocycles. The van der Waals surface area contributed by atoms with Crippen molar-refractivity contribution in [1.82, 2.24) is 10.3 Å². The Hall–Kier alpha value is -0.970. The number of nitrogens with one attached hydrogen (secondary N) is 2. The van der Waals surface area contributed by atoms with Crippen LogP contribution in [0.15, 0.2) is 34.8 Å². The van der Waals surface area contributed by atoms with Gasteiger partial charge in [0.1, 0.15) is 10.8 Å². The highest BCUT2D eigenvalue weighted by Crippen LogP contribution is 2.23. The van der Waals surface area contributed by atoms with Gasteiger partial charge in [-0.2, -0.15) is 0 Å². The van der Waals surface area contributed by atoms with Gasteiger partial charge in [-0.15, -0.1) is 0 Å². The summed E-state index contributed by atoms with van der Waals surface area (Å²) in [5.41, 5.74) is 1.40. The average Bonchev–Trinajstić information content (AvgIpc) is 2.70. The highest BCUT2D eigenvalue weighted by Gasteiger charge is 2.14. The van der Waals surface area contributed by atoms with Gasteiger partial charge in [0.2, 0.25) is 0 Å². The highest BCUT2D eigenvalue weighted by molar-refractivity contribution is 9.10. The predicted octanol–water partition coefficient (Wildman–Crippen LogP) is 4.58. The van der Waals surface area contributed by atoms with Crippen molar-refractivity contribution in [3.8, 4) is 0 Å². The van der Waals surface area contributed by atoms with Gasteiger partial charge in [0.15, 0.2) is 0 Å². The molecule has 0 aliphatic heterocycles. The fourth-order valence-corrected chi connectivity index (χ4v) is 2.25. The first-order valence-electron chi connectivity index (χ1n) is 5.57. The Balaban J connectivity index is 2.08. The average molecular weight is 362 g/mol. The van der Waals surface area contributed by atoms with Gasteiger partial charge >= 0.3 is 0 Å². The van der Waals surface area contributed by atoms with Gasteiger partial charge in [0.25, 0.3) is 5.91 Å². The van der Waals surface area contributed by atoms with Crippen LogP contribution in [0.3, 0.4) is 0 Å². The Morgan fingerprint density at radius 2 is 1.95 bits per heavy atom. The number of hydrogen-bond acceptors (Lipinski definition) is 1. The van der Waals surface area contributed by atoms with E-state index in [-0.39, 0.29) is 11.9 Å². The standard InChI is InChI=1S/C13H11BrCl2N2O/c1-7(8-2-4-9(15)5-3-8)17-13(19)11-6-10(14)12(16)18-11/h2-7,18H,1H3,(H,17,19)/t7-/m1/s1. The van der Waals surface area contributed by atoms with Gasteiger partial charge in [-0.3, -0.25) is 4.79 Å². The lowest BCUT2D eigenvalue weighted by Crippen LogP contribution is -2.26. The Labute approximate surface area is 129 Å². The molecule has 0 unspecified atom stereocenters. The van der Waals surface area contributed by atoms with Crippen LogP contribution < -0.4 is 5.32 Å². The van der Waals surface area contributed by atoms with Crippen LogP contribution in [0.25, 0.3) is 0 Å². The molecule has 0 radical (unpaired) electrons. The Morgan fingerprint density at radius 3 is 2.47 bits per heavy atom. The van der Waals surface area contributed by atoms with Crippen LogP contribution in [0.4, 0.5) is 0 Å². The molecule has 1 aromatic heterocycles. The maximum atomic E-state index is 12.0. The van der Waals surface area contributed by atoms with Crippen molar-refractivity contribution in [1.29, 1.82) is 0 Å². The normalized spacial score (nSPS) is 12.2. The number of carbonyl (C=O) groups is 1. The zero-order chi connectivity index (χ0) is 14.0. The third-order valence-electron chi connectivity index (χ3n) is 2.69. The minimum Gasteiger partial charge on any atom is -0.344 e. The van der Waals surface area contributed by atoms with Crippen LogP contribution in [0.5, 0.6) is 0 Å². The molecule has 0 fully saturated rings. The molecule has 0 saturated heterocycles. The van der Waals surface area contributed by atoms with Crippen LogP contribution in [0.2, 0.25) is 10.2 Å². The van der Waals surface area contributed by atoms with E-state index < -0.39 is 0 Å². The summed E-state index contributed by atoms with van der Waals surface area (Å²) in [6.07, 6.45) is 0. The van der Waals surface area contributed by atoms with Gasteiger partial charge in [-0.25, -0.2) is 0 Å². The first-order valence-corrected chi connectivity index (χ1v) is 7.12. The molecule has 3 nitrogen and oxygen atoms in total. The fraction of sp³-hybridized carbons (Fsp3) is 0.154. The molecule has 0 aliphatic carbocycles. The molecule has 6 heteroatoms. The third-order valence-corrected chi connectivity index (χ3v) is 4.09. The summed E-state index contributed by atoms with van der Waals surface area (Å²) in [5.74, 6) is -0.213. The molecular formula is C13H11BrCl2N2O. The first kappa shape index (κ1) is 14.4. The highest BCUT2D eigenvalue weighted by atomic mass is 79.9. The second kappa shape index (κ2) is 5.99. The van der Waals surface area contributed by atoms with Crippen molar-refractivity contribution >= 4 is 45.0 Å². The Kier molecular flexibility index (Phi) is 4.55. The smallest absolute Gasteiger partial charge is 0.268 e. The topological polar surface area (TPSA) is 44.9 Å². The van der Waals surface area contributed by atoms with Gasteiger partial charge in [0.05, 0.1) is 10.5 Å². The lowest BCUT2D eigenvalue weighted by atomic mass is 10.1. The van der Waals surface area contributed by atoms with Crippen molar-refractivity contribution in [2.75, 3.05) is 0 Å². The second-order valence-electron chi connectivity index (χ2n) is 4.09. The quantitative estimate of drug-likeness (QED) is 0.825. The molecule has 0 saturated carbocycles. The lowest BCUT2D eigenvalue weighted by Gasteiger charge is -2.13. The summed E-state index contributed by atoms with van der Waals surface area (Å²) in [4.78, 5) is 14.8. The number of rotatable bonds is 3. The predicted molar refractivity (Wildman–Crippen MR) is 80.8 cm³/mol. The van der Waals surface area contributed by atoms with E-state index in [4.69, 9.17) is 23.2 Å². The van der Waals surface area contributed by atoms with Gasteiger partial charge in [-0.1, -0.05) is 35.3 Å². The fourth-order valence-electron chi connectivity index (χ4n) is 1.64. The monoisotopic (exact) mass is 360 g/mol. The minimum atomic E-state index is -0.213. The minimum absolute atomic E-state index is 0.120. The Morgan fingerprint density at radius 1 is 1.32 bits per heavy atom. The van der Waals surface area contributed by atoms with E-state index >= 15 is 0 Å². The van der Waals surface area contributed by atoms with Crippen molar-refractivity contribution in [3.63, 3.8) is 0 Å². The van der Waals surface area contributed by atoms with E-state index in [2.05, 4.69) is 26.2 Å². The number of benzene rings is 1. The van der Waals surface area contributed by atoms with Crippen molar-refractivity contribution in [2.45, 2.75) is 13.0 Å². The summed E-state index contributed by atoms with van der Waals surface area (Å²) in [6, 6.07) is 8.87. The number of aromatic nitrogens is 1. The van der Waals surface area contributed by atoms with E-state index in [1.807, 2.05) is 19.1 Å². The van der Waals surface area contributed by atoms with E-state index in [0.717, 1.165) is 5.56 Å². The summed E-state index contributed by atoms with van der Waals surface area (Å²) in [5, 5.41) is 3.96. The molecular weight excluding hydrogens is 351 g/mol. The summed E-state index contributed by atoms with van der Waals surface area (Å²) < 4.78 is 0.665. The van der Waals surface area contributed by atoms with E-state index in [1.165, 1.54) is 0 Å². The zero-order valence-electron chi connectivity index (χ0n) is 10.0. The summed E-state index contributed by atoms with van der Waals surface area (Å²) in [6.45, 7) is 1.90.